The lowest BCUT2D eigenvalue weighted by atomic mass is 10.3. The standard InChI is InChI=1S/C14H18NO2P/c1-4-9-15-13-8-7-12(18(2,3)16)10-14(13)17-11-5-6-11/h1,7-8,10-11,15H,5-6,9H2,2-3H3. The summed E-state index contributed by atoms with van der Waals surface area (Å²) in [6.07, 6.45) is 7.73. The normalized spacial score (nSPS) is 14.9. The van der Waals surface area contributed by atoms with Gasteiger partial charge in [0.1, 0.15) is 12.9 Å². The Balaban J connectivity index is 2.28. The van der Waals surface area contributed by atoms with E-state index >= 15 is 0 Å². The molecule has 1 fully saturated rings. The first-order valence-electron chi connectivity index (χ1n) is 6.04. The number of rotatable bonds is 5. The van der Waals surface area contributed by atoms with Crippen LogP contribution in [0.15, 0.2) is 18.2 Å². The van der Waals surface area contributed by atoms with Gasteiger partial charge in [-0.25, -0.2) is 0 Å². The maximum Gasteiger partial charge on any atom is 0.143 e. The summed E-state index contributed by atoms with van der Waals surface area (Å²) in [5.74, 6) is 3.29. The molecule has 1 N–H and O–H groups in total. The molecule has 0 heterocycles. The summed E-state index contributed by atoms with van der Waals surface area (Å²) in [7, 11) is -2.26. The minimum atomic E-state index is -2.26. The van der Waals surface area contributed by atoms with Crippen LogP contribution in [0, 0.1) is 12.3 Å². The summed E-state index contributed by atoms with van der Waals surface area (Å²) in [5, 5.41) is 3.96. The Hall–Kier alpha value is -1.39. The van der Waals surface area contributed by atoms with Crippen LogP contribution >= 0.6 is 7.14 Å². The van der Waals surface area contributed by atoms with Crippen LogP contribution in [0.1, 0.15) is 12.8 Å². The lowest BCUT2D eigenvalue weighted by Crippen LogP contribution is -2.09. The van der Waals surface area contributed by atoms with Gasteiger partial charge in [-0.15, -0.1) is 6.42 Å². The third-order valence-electron chi connectivity index (χ3n) is 2.79. The van der Waals surface area contributed by atoms with Crippen LogP contribution in [0.4, 0.5) is 5.69 Å². The molecule has 1 saturated carbocycles. The van der Waals surface area contributed by atoms with Gasteiger partial charge in [0.2, 0.25) is 0 Å². The fourth-order valence-electron chi connectivity index (χ4n) is 1.60. The first-order valence-corrected chi connectivity index (χ1v) is 8.64. The molecule has 4 heteroatoms. The molecule has 0 aliphatic heterocycles. The third kappa shape index (κ3) is 3.31. The summed E-state index contributed by atoms with van der Waals surface area (Å²) in [4.78, 5) is 0. The Morgan fingerprint density at radius 3 is 2.78 bits per heavy atom. The molecule has 0 atom stereocenters. The highest BCUT2D eigenvalue weighted by atomic mass is 31.2. The summed E-state index contributed by atoms with van der Waals surface area (Å²) >= 11 is 0. The number of benzene rings is 1. The second kappa shape index (κ2) is 5.08. The third-order valence-corrected chi connectivity index (χ3v) is 4.31. The number of nitrogens with one attached hydrogen (secondary N) is 1. The van der Waals surface area contributed by atoms with Gasteiger partial charge in [-0.1, -0.05) is 5.92 Å². The highest BCUT2D eigenvalue weighted by Gasteiger charge is 2.25. The van der Waals surface area contributed by atoms with Gasteiger partial charge in [0, 0.05) is 5.30 Å². The predicted octanol–water partition coefficient (Wildman–Crippen LogP) is 2.52. The summed E-state index contributed by atoms with van der Waals surface area (Å²) < 4.78 is 17.9. The van der Waals surface area contributed by atoms with Crippen molar-refractivity contribution in [3.8, 4) is 18.1 Å². The van der Waals surface area contributed by atoms with E-state index in [-0.39, 0.29) is 0 Å². The molecule has 1 aliphatic carbocycles. The summed E-state index contributed by atoms with van der Waals surface area (Å²) in [5.41, 5.74) is 0.872. The topological polar surface area (TPSA) is 38.3 Å². The molecule has 0 spiro atoms. The average Bonchev–Trinajstić information content (AvgIpc) is 3.10. The monoisotopic (exact) mass is 263 g/mol. The van der Waals surface area contributed by atoms with Crippen LogP contribution < -0.4 is 15.4 Å². The van der Waals surface area contributed by atoms with Crippen molar-refractivity contribution in [2.75, 3.05) is 25.2 Å². The molecule has 0 saturated heterocycles. The molecule has 18 heavy (non-hydrogen) atoms. The number of hydrogen-bond donors (Lipinski definition) is 1. The van der Waals surface area contributed by atoms with Gasteiger partial charge >= 0.3 is 0 Å². The van der Waals surface area contributed by atoms with E-state index in [0.717, 1.165) is 29.6 Å². The van der Waals surface area contributed by atoms with Crippen LogP contribution in [0.25, 0.3) is 0 Å². The maximum atomic E-state index is 12.1. The van der Waals surface area contributed by atoms with Gasteiger partial charge < -0.3 is 14.6 Å². The fraction of sp³-hybridized carbons (Fsp3) is 0.429. The second-order valence-electron chi connectivity index (χ2n) is 4.91. The molecule has 1 aromatic carbocycles. The zero-order valence-electron chi connectivity index (χ0n) is 10.8. The number of anilines is 1. The van der Waals surface area contributed by atoms with Gasteiger partial charge in [0.05, 0.1) is 18.3 Å². The first kappa shape index (κ1) is 13.1. The van der Waals surface area contributed by atoms with E-state index in [4.69, 9.17) is 11.2 Å². The summed E-state index contributed by atoms with van der Waals surface area (Å²) in [6.45, 7) is 3.98. The smallest absolute Gasteiger partial charge is 0.143 e. The molecule has 0 bridgehead atoms. The van der Waals surface area contributed by atoms with Gasteiger partial charge in [0.15, 0.2) is 0 Å². The molecule has 0 amide bonds. The SMILES string of the molecule is C#CCNc1ccc(P(C)(C)=O)cc1OC1CC1. The van der Waals surface area contributed by atoms with Crippen molar-refractivity contribution in [3.05, 3.63) is 18.2 Å². The van der Waals surface area contributed by atoms with E-state index in [1.807, 2.05) is 18.2 Å². The van der Waals surface area contributed by atoms with Gasteiger partial charge in [-0.3, -0.25) is 0 Å². The Morgan fingerprint density at radius 2 is 2.22 bits per heavy atom. The van der Waals surface area contributed by atoms with Crippen LogP contribution in [0.5, 0.6) is 5.75 Å². The van der Waals surface area contributed by atoms with Crippen molar-refractivity contribution < 1.29 is 9.30 Å². The van der Waals surface area contributed by atoms with Crippen molar-refractivity contribution in [2.24, 2.45) is 0 Å². The zero-order chi connectivity index (χ0) is 13.2. The number of terminal acetylenes is 1. The van der Waals surface area contributed by atoms with E-state index in [1.54, 1.807) is 13.3 Å². The van der Waals surface area contributed by atoms with Crippen molar-refractivity contribution in [1.82, 2.24) is 0 Å². The zero-order valence-corrected chi connectivity index (χ0v) is 11.7. The molecule has 0 aromatic heterocycles. The number of ether oxygens (including phenoxy) is 1. The molecular weight excluding hydrogens is 245 g/mol. The lowest BCUT2D eigenvalue weighted by Gasteiger charge is -2.15. The van der Waals surface area contributed by atoms with Crippen LogP contribution in [-0.4, -0.2) is 26.0 Å². The maximum absolute atomic E-state index is 12.1. The van der Waals surface area contributed by atoms with E-state index in [1.165, 1.54) is 0 Å². The van der Waals surface area contributed by atoms with E-state index in [0.29, 0.717) is 12.6 Å². The van der Waals surface area contributed by atoms with E-state index in [9.17, 15) is 4.57 Å². The number of hydrogen-bond acceptors (Lipinski definition) is 3. The Morgan fingerprint density at radius 1 is 1.50 bits per heavy atom. The minimum Gasteiger partial charge on any atom is -0.488 e. The van der Waals surface area contributed by atoms with Crippen LogP contribution in [0.3, 0.4) is 0 Å². The molecule has 1 aromatic rings. The van der Waals surface area contributed by atoms with Crippen molar-refractivity contribution in [2.45, 2.75) is 18.9 Å². The molecular formula is C14H18NO2P. The minimum absolute atomic E-state index is 0.305. The Labute approximate surface area is 108 Å². The fourth-order valence-corrected chi connectivity index (χ4v) is 2.46. The highest BCUT2D eigenvalue weighted by Crippen LogP contribution is 2.39. The van der Waals surface area contributed by atoms with Crippen LogP contribution in [-0.2, 0) is 4.57 Å². The average molecular weight is 263 g/mol. The van der Waals surface area contributed by atoms with Crippen LogP contribution in [0.2, 0.25) is 0 Å². The van der Waals surface area contributed by atoms with Crippen molar-refractivity contribution >= 4 is 18.1 Å². The first-order chi connectivity index (χ1) is 8.50. The Bertz CT molecular complexity index is 523. The molecule has 3 nitrogen and oxygen atoms in total. The molecule has 2 rings (SSSR count). The van der Waals surface area contributed by atoms with Crippen molar-refractivity contribution in [1.29, 1.82) is 0 Å². The molecule has 0 unspecified atom stereocenters. The van der Waals surface area contributed by atoms with Crippen molar-refractivity contribution in [3.63, 3.8) is 0 Å². The molecule has 0 radical (unpaired) electrons. The summed E-state index contributed by atoms with van der Waals surface area (Å²) in [6, 6.07) is 5.64. The van der Waals surface area contributed by atoms with E-state index < -0.39 is 7.14 Å². The quantitative estimate of drug-likeness (QED) is 0.655. The van der Waals surface area contributed by atoms with E-state index in [2.05, 4.69) is 11.2 Å². The Kier molecular flexibility index (Phi) is 3.68. The van der Waals surface area contributed by atoms with Gasteiger partial charge in [-0.05, 0) is 44.4 Å². The van der Waals surface area contributed by atoms with Gasteiger partial charge in [-0.2, -0.15) is 0 Å². The largest absolute Gasteiger partial charge is 0.488 e. The lowest BCUT2D eigenvalue weighted by molar-refractivity contribution is 0.305. The van der Waals surface area contributed by atoms with Gasteiger partial charge in [0.25, 0.3) is 0 Å². The molecule has 96 valence electrons. The second-order valence-corrected chi connectivity index (χ2v) is 8.12. The molecule has 1 aliphatic rings. The highest BCUT2D eigenvalue weighted by molar-refractivity contribution is 7.70. The predicted molar refractivity (Wildman–Crippen MR) is 76.5 cm³/mol.